The molecule has 3 aromatic carbocycles. The normalized spacial score (nSPS) is 14.4. The Labute approximate surface area is 223 Å². The van der Waals surface area contributed by atoms with Gasteiger partial charge in [-0.3, -0.25) is 0 Å². The van der Waals surface area contributed by atoms with Gasteiger partial charge < -0.3 is 20.7 Å². The van der Waals surface area contributed by atoms with Gasteiger partial charge in [-0.2, -0.15) is 0 Å². The van der Waals surface area contributed by atoms with E-state index in [1.54, 1.807) is 25.3 Å². The number of benzene rings is 3. The van der Waals surface area contributed by atoms with Crippen molar-refractivity contribution in [1.29, 1.82) is 0 Å². The zero-order valence-corrected chi connectivity index (χ0v) is 22.0. The van der Waals surface area contributed by atoms with E-state index in [2.05, 4.69) is 46.3 Å². The van der Waals surface area contributed by atoms with Gasteiger partial charge in [-0.1, -0.05) is 78.5 Å². The lowest BCUT2D eigenvalue weighted by atomic mass is 9.93. The molecule has 5 nitrogen and oxygen atoms in total. The molecule has 0 aromatic heterocycles. The van der Waals surface area contributed by atoms with Gasteiger partial charge in [0.05, 0.1) is 7.11 Å². The molecule has 2 amide bonds. The molecule has 1 aliphatic carbocycles. The molecule has 1 unspecified atom stereocenters. The summed E-state index contributed by atoms with van der Waals surface area (Å²) in [5.41, 5.74) is 3.91. The van der Waals surface area contributed by atoms with Crippen LogP contribution >= 0.6 is 23.2 Å². The summed E-state index contributed by atoms with van der Waals surface area (Å²) < 4.78 is 5.53. The van der Waals surface area contributed by atoms with E-state index in [-0.39, 0.29) is 11.9 Å². The van der Waals surface area contributed by atoms with Crippen molar-refractivity contribution in [2.24, 2.45) is 0 Å². The maximum Gasteiger partial charge on any atom is 0.319 e. The predicted molar refractivity (Wildman–Crippen MR) is 150 cm³/mol. The number of carbonyl (C=O) groups excluding carboxylic acids is 1. The predicted octanol–water partition coefficient (Wildman–Crippen LogP) is 7.50. The van der Waals surface area contributed by atoms with Crippen LogP contribution in [0.2, 0.25) is 10.0 Å². The molecular weight excluding hydrogens is 493 g/mol. The molecule has 1 atom stereocenters. The van der Waals surface area contributed by atoms with Crippen LogP contribution in [0.3, 0.4) is 0 Å². The molecule has 0 bridgehead atoms. The highest BCUT2D eigenvalue weighted by Gasteiger charge is 2.17. The third-order valence-corrected chi connectivity index (χ3v) is 7.15. The smallest absolute Gasteiger partial charge is 0.319 e. The second-order valence-corrected chi connectivity index (χ2v) is 10.1. The van der Waals surface area contributed by atoms with E-state index in [0.717, 1.165) is 29.8 Å². The van der Waals surface area contributed by atoms with E-state index in [1.807, 2.05) is 18.2 Å². The average Bonchev–Trinajstić information content (AvgIpc) is 3.39. The highest BCUT2D eigenvalue weighted by atomic mass is 35.5. The number of carbonyl (C=O) groups is 1. The van der Waals surface area contributed by atoms with Crippen molar-refractivity contribution in [3.8, 4) is 16.9 Å². The Hall–Kier alpha value is -2.73. The van der Waals surface area contributed by atoms with Crippen LogP contribution < -0.4 is 20.7 Å². The van der Waals surface area contributed by atoms with E-state index in [9.17, 15) is 4.79 Å². The minimum atomic E-state index is -0.285. The lowest BCUT2D eigenvalue weighted by Crippen LogP contribution is -2.34. The molecule has 0 spiro atoms. The van der Waals surface area contributed by atoms with E-state index in [1.165, 1.54) is 31.2 Å². The van der Waals surface area contributed by atoms with Crippen LogP contribution in [0.4, 0.5) is 10.5 Å². The topological polar surface area (TPSA) is 62.4 Å². The highest BCUT2D eigenvalue weighted by molar-refractivity contribution is 6.35. The first-order chi connectivity index (χ1) is 17.5. The number of para-hydroxylation sites is 1. The number of nitrogens with one attached hydrogen (secondary N) is 3. The molecule has 0 aliphatic heterocycles. The zero-order chi connectivity index (χ0) is 25.3. The molecule has 4 rings (SSSR count). The summed E-state index contributed by atoms with van der Waals surface area (Å²) in [5.74, 6) is 1.02. The molecule has 1 saturated carbocycles. The van der Waals surface area contributed by atoms with Crippen LogP contribution in [-0.4, -0.2) is 32.3 Å². The van der Waals surface area contributed by atoms with Crippen molar-refractivity contribution in [2.45, 2.75) is 44.1 Å². The van der Waals surface area contributed by atoms with Crippen molar-refractivity contribution in [1.82, 2.24) is 10.6 Å². The summed E-state index contributed by atoms with van der Waals surface area (Å²) in [6.07, 6.45) is 6.04. The fourth-order valence-corrected chi connectivity index (χ4v) is 5.34. The Bertz CT molecular complexity index is 1130. The summed E-state index contributed by atoms with van der Waals surface area (Å²) in [7, 11) is 1.69. The lowest BCUT2D eigenvalue weighted by molar-refractivity contribution is 0.251. The lowest BCUT2D eigenvalue weighted by Gasteiger charge is -2.21. The van der Waals surface area contributed by atoms with Gasteiger partial charge in [0, 0.05) is 39.8 Å². The van der Waals surface area contributed by atoms with Crippen LogP contribution in [0.5, 0.6) is 5.75 Å². The molecule has 0 saturated heterocycles. The Balaban J connectivity index is 1.43. The molecule has 3 N–H and O–H groups in total. The minimum absolute atomic E-state index is 0.166. The number of hydrogen-bond acceptors (Lipinski definition) is 3. The van der Waals surface area contributed by atoms with Crippen molar-refractivity contribution in [2.75, 3.05) is 25.5 Å². The number of ether oxygens (including phenoxy) is 1. The number of rotatable bonds is 10. The second-order valence-electron chi connectivity index (χ2n) is 9.24. The van der Waals surface area contributed by atoms with Gasteiger partial charge in [0.1, 0.15) is 5.75 Å². The van der Waals surface area contributed by atoms with Gasteiger partial charge in [0.25, 0.3) is 0 Å². The van der Waals surface area contributed by atoms with Crippen LogP contribution in [-0.2, 0) is 0 Å². The average molecular weight is 527 g/mol. The third-order valence-electron chi connectivity index (χ3n) is 6.71. The SMILES string of the molecule is COc1ccccc1-c1ccc(C(CCNC2CCCC2)CNC(=O)Nc2cc(Cl)cc(Cl)c2)cc1. The number of amides is 2. The highest BCUT2D eigenvalue weighted by Crippen LogP contribution is 2.31. The molecule has 0 radical (unpaired) electrons. The van der Waals surface area contributed by atoms with Crippen molar-refractivity contribution < 1.29 is 9.53 Å². The Morgan fingerprint density at radius 3 is 2.39 bits per heavy atom. The van der Waals surface area contributed by atoms with Crippen LogP contribution in [0.15, 0.2) is 66.7 Å². The number of methoxy groups -OCH3 is 1. The second kappa shape index (κ2) is 13.0. The first-order valence-corrected chi connectivity index (χ1v) is 13.2. The fourth-order valence-electron chi connectivity index (χ4n) is 4.81. The van der Waals surface area contributed by atoms with Gasteiger partial charge in [-0.15, -0.1) is 0 Å². The first-order valence-electron chi connectivity index (χ1n) is 12.5. The number of halogens is 2. The van der Waals surface area contributed by atoms with Crippen molar-refractivity contribution in [3.05, 3.63) is 82.3 Å². The summed E-state index contributed by atoms with van der Waals surface area (Å²) in [4.78, 5) is 12.6. The summed E-state index contributed by atoms with van der Waals surface area (Å²) in [6.45, 7) is 1.43. The van der Waals surface area contributed by atoms with Gasteiger partial charge in [0.2, 0.25) is 0 Å². The Morgan fingerprint density at radius 2 is 1.69 bits per heavy atom. The third kappa shape index (κ3) is 7.39. The van der Waals surface area contributed by atoms with Crippen LogP contribution in [0.1, 0.15) is 43.6 Å². The molecular formula is C29H33Cl2N3O2. The molecule has 1 aliphatic rings. The fraction of sp³-hybridized carbons (Fsp3) is 0.345. The van der Waals surface area contributed by atoms with Crippen LogP contribution in [0, 0.1) is 0 Å². The Kier molecular flexibility index (Phi) is 9.51. The summed E-state index contributed by atoms with van der Waals surface area (Å²) in [5, 5.41) is 10.5. The maximum atomic E-state index is 12.6. The van der Waals surface area contributed by atoms with Crippen LogP contribution in [0.25, 0.3) is 11.1 Å². The molecule has 36 heavy (non-hydrogen) atoms. The standard InChI is InChI=1S/C29H33Cl2N3O2/c1-36-28-9-5-4-8-27(28)21-12-10-20(11-13-21)22(14-15-32-25-6-2-3-7-25)19-33-29(35)34-26-17-23(30)16-24(31)18-26/h4-5,8-13,16-18,22,25,32H,2-3,6-7,14-15,19H2,1H3,(H2,33,34,35). The maximum absolute atomic E-state index is 12.6. The van der Waals surface area contributed by atoms with Crippen molar-refractivity contribution >= 4 is 34.9 Å². The largest absolute Gasteiger partial charge is 0.496 e. The molecule has 3 aromatic rings. The molecule has 190 valence electrons. The Morgan fingerprint density at radius 1 is 1.00 bits per heavy atom. The quantitative estimate of drug-likeness (QED) is 0.256. The van der Waals surface area contributed by atoms with Gasteiger partial charge in [-0.05, 0) is 61.2 Å². The monoisotopic (exact) mass is 525 g/mol. The molecule has 0 heterocycles. The van der Waals surface area contributed by atoms with Gasteiger partial charge in [0.15, 0.2) is 0 Å². The summed E-state index contributed by atoms with van der Waals surface area (Å²) in [6, 6.07) is 21.9. The summed E-state index contributed by atoms with van der Waals surface area (Å²) >= 11 is 12.1. The molecule has 7 heteroatoms. The number of urea groups is 1. The molecule has 1 fully saturated rings. The number of anilines is 1. The first kappa shape index (κ1) is 26.3. The van der Waals surface area contributed by atoms with E-state index in [0.29, 0.717) is 28.3 Å². The van der Waals surface area contributed by atoms with E-state index in [4.69, 9.17) is 27.9 Å². The van der Waals surface area contributed by atoms with Crippen molar-refractivity contribution in [3.63, 3.8) is 0 Å². The number of hydrogen-bond donors (Lipinski definition) is 3. The van der Waals surface area contributed by atoms with Gasteiger partial charge >= 0.3 is 6.03 Å². The van der Waals surface area contributed by atoms with E-state index >= 15 is 0 Å². The zero-order valence-electron chi connectivity index (χ0n) is 20.5. The minimum Gasteiger partial charge on any atom is -0.496 e. The van der Waals surface area contributed by atoms with E-state index < -0.39 is 0 Å². The van der Waals surface area contributed by atoms with Gasteiger partial charge in [-0.25, -0.2) is 4.79 Å².